The lowest BCUT2D eigenvalue weighted by Crippen LogP contribution is -2.26. The first-order valence-electron chi connectivity index (χ1n) is 10.8. The van der Waals surface area contributed by atoms with Crippen LogP contribution < -0.4 is 10.1 Å². The molecule has 4 aromatic rings. The van der Waals surface area contributed by atoms with E-state index in [1.807, 2.05) is 35.9 Å². The molecule has 1 aliphatic carbocycles. The predicted octanol–water partition coefficient (Wildman–Crippen LogP) is 5.09. The van der Waals surface area contributed by atoms with Crippen LogP contribution in [0.25, 0.3) is 5.65 Å². The van der Waals surface area contributed by atoms with Crippen molar-refractivity contribution in [3.63, 3.8) is 0 Å². The Hall–Kier alpha value is -3.52. The number of carbonyl (C=O) groups is 2. The van der Waals surface area contributed by atoms with E-state index < -0.39 is 0 Å². The van der Waals surface area contributed by atoms with Gasteiger partial charge in [0.1, 0.15) is 18.0 Å². The number of imidazole rings is 1. The molecule has 5 rings (SSSR count). The highest BCUT2D eigenvalue weighted by Gasteiger charge is 2.34. The smallest absolute Gasteiger partial charge is 0.257 e. The number of ketones is 1. The van der Waals surface area contributed by atoms with Crippen LogP contribution in [0.4, 0.5) is 5.13 Å². The summed E-state index contributed by atoms with van der Waals surface area (Å²) in [5.74, 6) is 0.480. The molecule has 3 aromatic heterocycles. The summed E-state index contributed by atoms with van der Waals surface area (Å²) < 4.78 is 7.81. The fraction of sp³-hybridized carbons (Fsp3) is 0.280. The standard InChI is InChI=1S/C25H24N4O3S/c1-15-4-9-21-26-17(13-29(21)12-15)14-32-18-7-5-16(6-8-18)23(31)28-24-27-19-10-25(2,3)11-20(30)22(19)33-24/h4-9,12-13H,10-11,14H2,1-3H3,(H,27,28,31). The van der Waals surface area contributed by atoms with E-state index in [9.17, 15) is 9.59 Å². The van der Waals surface area contributed by atoms with E-state index in [1.54, 1.807) is 24.3 Å². The van der Waals surface area contributed by atoms with Crippen LogP contribution in [0.5, 0.6) is 5.75 Å². The molecule has 0 saturated heterocycles. The number of ether oxygens (including phenoxy) is 1. The Kier molecular flexibility index (Phi) is 5.25. The number of nitrogens with zero attached hydrogens (tertiary/aromatic N) is 3. The zero-order valence-electron chi connectivity index (χ0n) is 18.7. The zero-order chi connectivity index (χ0) is 23.2. The summed E-state index contributed by atoms with van der Waals surface area (Å²) in [7, 11) is 0. The lowest BCUT2D eigenvalue weighted by Gasteiger charge is -2.26. The molecule has 33 heavy (non-hydrogen) atoms. The van der Waals surface area contributed by atoms with Crippen LogP contribution in [0.3, 0.4) is 0 Å². The topological polar surface area (TPSA) is 85.6 Å². The molecule has 1 aromatic carbocycles. The Labute approximate surface area is 195 Å². The maximum atomic E-state index is 12.7. The minimum absolute atomic E-state index is 0.0986. The van der Waals surface area contributed by atoms with Crippen molar-refractivity contribution < 1.29 is 14.3 Å². The Morgan fingerprint density at radius 1 is 1.12 bits per heavy atom. The number of anilines is 1. The number of rotatable bonds is 5. The third-order valence-electron chi connectivity index (χ3n) is 5.61. The van der Waals surface area contributed by atoms with Crippen molar-refractivity contribution in [3.05, 3.63) is 76.2 Å². The van der Waals surface area contributed by atoms with Crippen molar-refractivity contribution in [1.82, 2.24) is 14.4 Å². The number of aromatic nitrogens is 3. The number of hydrogen-bond donors (Lipinski definition) is 1. The van der Waals surface area contributed by atoms with Crippen LogP contribution in [-0.2, 0) is 13.0 Å². The maximum absolute atomic E-state index is 12.7. The van der Waals surface area contributed by atoms with Crippen LogP contribution >= 0.6 is 11.3 Å². The van der Waals surface area contributed by atoms with Gasteiger partial charge in [-0.05, 0) is 54.7 Å². The lowest BCUT2D eigenvalue weighted by molar-refractivity contribution is 0.0915. The summed E-state index contributed by atoms with van der Waals surface area (Å²) in [6, 6.07) is 10.9. The Morgan fingerprint density at radius 3 is 2.70 bits per heavy atom. The molecule has 0 atom stereocenters. The van der Waals surface area contributed by atoms with Crippen molar-refractivity contribution in [2.75, 3.05) is 5.32 Å². The first-order valence-corrected chi connectivity index (χ1v) is 11.6. The summed E-state index contributed by atoms with van der Waals surface area (Å²) >= 11 is 1.25. The second-order valence-electron chi connectivity index (χ2n) is 9.21. The minimum atomic E-state index is -0.268. The number of carbonyl (C=O) groups excluding carboxylic acids is 2. The quantitative estimate of drug-likeness (QED) is 0.449. The molecule has 0 aliphatic heterocycles. The van der Waals surface area contributed by atoms with Gasteiger partial charge in [-0.3, -0.25) is 14.9 Å². The lowest BCUT2D eigenvalue weighted by atomic mass is 9.78. The largest absolute Gasteiger partial charge is 0.487 e. The van der Waals surface area contributed by atoms with Gasteiger partial charge in [0, 0.05) is 24.4 Å². The summed E-state index contributed by atoms with van der Waals surface area (Å²) in [5, 5.41) is 3.28. The van der Waals surface area contributed by atoms with E-state index in [-0.39, 0.29) is 17.1 Å². The number of Topliss-reactive ketones (excluding diaryl/α,β-unsaturated/α-hetero) is 1. The summed E-state index contributed by atoms with van der Waals surface area (Å²) in [5.41, 5.74) is 4.04. The predicted molar refractivity (Wildman–Crippen MR) is 127 cm³/mol. The Morgan fingerprint density at radius 2 is 1.91 bits per heavy atom. The van der Waals surface area contributed by atoms with Gasteiger partial charge in [-0.25, -0.2) is 9.97 Å². The molecule has 0 radical (unpaired) electrons. The van der Waals surface area contributed by atoms with Gasteiger partial charge in [-0.1, -0.05) is 31.3 Å². The van der Waals surface area contributed by atoms with E-state index in [0.717, 1.165) is 29.0 Å². The third kappa shape index (κ3) is 4.52. The normalized spacial score (nSPS) is 14.8. The number of nitrogens with one attached hydrogen (secondary N) is 1. The van der Waals surface area contributed by atoms with Gasteiger partial charge in [0.2, 0.25) is 0 Å². The Balaban J connectivity index is 1.22. The number of amides is 1. The summed E-state index contributed by atoms with van der Waals surface area (Å²) in [6.45, 7) is 6.49. The number of pyridine rings is 1. The molecule has 1 aliphatic rings. The first kappa shape index (κ1) is 21.3. The highest BCUT2D eigenvalue weighted by atomic mass is 32.1. The molecule has 1 N–H and O–H groups in total. The van der Waals surface area contributed by atoms with E-state index >= 15 is 0 Å². The number of aryl methyl sites for hydroxylation is 1. The van der Waals surface area contributed by atoms with Gasteiger partial charge >= 0.3 is 0 Å². The number of benzene rings is 1. The first-order chi connectivity index (χ1) is 15.8. The molecule has 7 nitrogen and oxygen atoms in total. The van der Waals surface area contributed by atoms with Crippen molar-refractivity contribution in [2.45, 2.75) is 40.2 Å². The number of hydrogen-bond acceptors (Lipinski definition) is 6. The maximum Gasteiger partial charge on any atom is 0.257 e. The molecule has 0 unspecified atom stereocenters. The minimum Gasteiger partial charge on any atom is -0.487 e. The van der Waals surface area contributed by atoms with E-state index in [4.69, 9.17) is 4.74 Å². The molecule has 168 valence electrons. The average Bonchev–Trinajstić information content (AvgIpc) is 3.34. The molecule has 1 amide bonds. The van der Waals surface area contributed by atoms with Gasteiger partial charge in [-0.2, -0.15) is 0 Å². The van der Waals surface area contributed by atoms with Crippen LogP contribution in [-0.4, -0.2) is 26.1 Å². The zero-order valence-corrected chi connectivity index (χ0v) is 19.5. The Bertz CT molecular complexity index is 1370. The molecular formula is C25H24N4O3S. The van der Waals surface area contributed by atoms with Crippen LogP contribution in [0.15, 0.2) is 48.8 Å². The van der Waals surface area contributed by atoms with Crippen molar-refractivity contribution in [1.29, 1.82) is 0 Å². The van der Waals surface area contributed by atoms with Gasteiger partial charge in [0.15, 0.2) is 10.9 Å². The fourth-order valence-electron chi connectivity index (χ4n) is 4.03. The molecule has 3 heterocycles. The van der Waals surface area contributed by atoms with Crippen molar-refractivity contribution in [3.8, 4) is 5.75 Å². The van der Waals surface area contributed by atoms with Crippen LogP contribution in [0.1, 0.15) is 57.2 Å². The van der Waals surface area contributed by atoms with Gasteiger partial charge < -0.3 is 9.14 Å². The van der Waals surface area contributed by atoms with E-state index in [2.05, 4.69) is 29.1 Å². The third-order valence-corrected chi connectivity index (χ3v) is 6.66. The molecule has 0 fully saturated rings. The SMILES string of the molecule is Cc1ccc2nc(COc3ccc(C(=O)Nc4nc5c(s4)C(=O)CC(C)(C)C5)cc3)cn2c1. The van der Waals surface area contributed by atoms with Crippen molar-refractivity contribution >= 4 is 33.8 Å². The molecule has 8 heteroatoms. The van der Waals surface area contributed by atoms with Crippen molar-refractivity contribution in [2.24, 2.45) is 5.41 Å². The second-order valence-corrected chi connectivity index (χ2v) is 10.2. The number of fused-ring (bicyclic) bond motifs is 2. The average molecular weight is 461 g/mol. The monoisotopic (exact) mass is 460 g/mol. The van der Waals surface area contributed by atoms with Crippen LogP contribution in [0.2, 0.25) is 0 Å². The highest BCUT2D eigenvalue weighted by Crippen LogP contribution is 2.38. The summed E-state index contributed by atoms with van der Waals surface area (Å²) in [6.07, 6.45) is 5.21. The fourth-order valence-corrected chi connectivity index (χ4v) is 4.94. The van der Waals surface area contributed by atoms with Gasteiger partial charge in [0.25, 0.3) is 5.91 Å². The van der Waals surface area contributed by atoms with Gasteiger partial charge in [-0.15, -0.1) is 0 Å². The van der Waals surface area contributed by atoms with E-state index in [0.29, 0.717) is 34.3 Å². The summed E-state index contributed by atoms with van der Waals surface area (Å²) in [4.78, 5) is 34.8. The molecule has 0 saturated carbocycles. The van der Waals surface area contributed by atoms with Gasteiger partial charge in [0.05, 0.1) is 16.3 Å². The second kappa shape index (κ2) is 8.12. The molecule has 0 spiro atoms. The molecular weight excluding hydrogens is 436 g/mol. The number of thiazole rings is 1. The van der Waals surface area contributed by atoms with E-state index in [1.165, 1.54) is 11.3 Å². The van der Waals surface area contributed by atoms with Crippen LogP contribution in [0, 0.1) is 12.3 Å². The highest BCUT2D eigenvalue weighted by molar-refractivity contribution is 7.17. The molecule has 0 bridgehead atoms.